The average molecular weight is 141 g/mol. The standard InChI is InChI=1S/C8H15NO/c1-6-4-7(2)8(10-3)9-5-6/h7-9H,1,4-5H2,2-3H3. The molecule has 0 saturated carbocycles. The van der Waals surface area contributed by atoms with Crippen LogP contribution in [0.15, 0.2) is 12.2 Å². The molecule has 0 aromatic heterocycles. The monoisotopic (exact) mass is 141 g/mol. The van der Waals surface area contributed by atoms with E-state index in [9.17, 15) is 0 Å². The normalized spacial score (nSPS) is 34.4. The minimum Gasteiger partial charge on any atom is -0.366 e. The number of nitrogens with one attached hydrogen (secondary N) is 1. The fourth-order valence-electron chi connectivity index (χ4n) is 1.40. The number of piperidine rings is 1. The quantitative estimate of drug-likeness (QED) is 0.553. The van der Waals surface area contributed by atoms with Crippen molar-refractivity contribution in [1.82, 2.24) is 5.32 Å². The van der Waals surface area contributed by atoms with E-state index < -0.39 is 0 Å². The molecule has 0 spiro atoms. The van der Waals surface area contributed by atoms with Gasteiger partial charge in [0.2, 0.25) is 0 Å². The van der Waals surface area contributed by atoms with Gasteiger partial charge in [-0.3, -0.25) is 5.32 Å². The maximum absolute atomic E-state index is 5.20. The van der Waals surface area contributed by atoms with Crippen molar-refractivity contribution in [3.05, 3.63) is 12.2 Å². The summed E-state index contributed by atoms with van der Waals surface area (Å²) in [5.41, 5.74) is 1.28. The Morgan fingerprint density at radius 1 is 1.70 bits per heavy atom. The molecule has 0 aromatic rings. The molecule has 1 fully saturated rings. The summed E-state index contributed by atoms with van der Waals surface area (Å²) in [7, 11) is 1.74. The van der Waals surface area contributed by atoms with E-state index in [0.717, 1.165) is 13.0 Å². The summed E-state index contributed by atoms with van der Waals surface area (Å²) in [6, 6.07) is 0. The Labute approximate surface area is 62.3 Å². The molecule has 0 aromatic carbocycles. The lowest BCUT2D eigenvalue weighted by molar-refractivity contribution is 0.0238. The SMILES string of the molecule is C=C1CNC(OC)C(C)C1. The molecular formula is C8H15NO. The molecule has 0 bridgehead atoms. The van der Waals surface area contributed by atoms with E-state index in [1.165, 1.54) is 5.57 Å². The number of rotatable bonds is 1. The van der Waals surface area contributed by atoms with Gasteiger partial charge in [-0.05, 0) is 12.3 Å². The summed E-state index contributed by atoms with van der Waals surface area (Å²) >= 11 is 0. The highest BCUT2D eigenvalue weighted by molar-refractivity contribution is 5.02. The van der Waals surface area contributed by atoms with Crippen LogP contribution in [0.3, 0.4) is 0 Å². The van der Waals surface area contributed by atoms with Gasteiger partial charge in [0, 0.05) is 13.7 Å². The molecule has 2 nitrogen and oxygen atoms in total. The van der Waals surface area contributed by atoms with E-state index in [1.54, 1.807) is 7.11 Å². The van der Waals surface area contributed by atoms with Gasteiger partial charge in [0.15, 0.2) is 0 Å². The molecule has 0 amide bonds. The summed E-state index contributed by atoms with van der Waals surface area (Å²) < 4.78 is 5.20. The fraction of sp³-hybridized carbons (Fsp3) is 0.750. The molecule has 2 heteroatoms. The Morgan fingerprint density at radius 3 is 2.90 bits per heavy atom. The van der Waals surface area contributed by atoms with Crippen LogP contribution in [0.4, 0.5) is 0 Å². The first kappa shape index (κ1) is 7.76. The van der Waals surface area contributed by atoms with Crippen LogP contribution in [0.25, 0.3) is 0 Å². The summed E-state index contributed by atoms with van der Waals surface area (Å²) in [6.45, 7) is 6.99. The van der Waals surface area contributed by atoms with Crippen molar-refractivity contribution in [2.75, 3.05) is 13.7 Å². The number of hydrogen-bond donors (Lipinski definition) is 1. The molecule has 0 aliphatic carbocycles. The number of methoxy groups -OCH3 is 1. The third-order valence-corrected chi connectivity index (χ3v) is 1.93. The first-order valence-corrected chi connectivity index (χ1v) is 3.67. The highest BCUT2D eigenvalue weighted by Crippen LogP contribution is 2.18. The molecule has 10 heavy (non-hydrogen) atoms. The van der Waals surface area contributed by atoms with Crippen LogP contribution < -0.4 is 5.32 Å². The van der Waals surface area contributed by atoms with E-state index in [0.29, 0.717) is 5.92 Å². The van der Waals surface area contributed by atoms with Crippen molar-refractivity contribution >= 4 is 0 Å². The summed E-state index contributed by atoms with van der Waals surface area (Å²) in [6.07, 6.45) is 1.32. The lowest BCUT2D eigenvalue weighted by Gasteiger charge is -2.29. The molecule has 1 aliphatic rings. The van der Waals surface area contributed by atoms with Crippen LogP contribution in [0.1, 0.15) is 13.3 Å². The van der Waals surface area contributed by atoms with Gasteiger partial charge in [-0.15, -0.1) is 0 Å². The molecule has 2 unspecified atom stereocenters. The van der Waals surface area contributed by atoms with E-state index >= 15 is 0 Å². The smallest absolute Gasteiger partial charge is 0.110 e. The average Bonchev–Trinajstić information content (AvgIpc) is 1.88. The van der Waals surface area contributed by atoms with Gasteiger partial charge in [0.1, 0.15) is 6.23 Å². The zero-order valence-electron chi connectivity index (χ0n) is 6.68. The van der Waals surface area contributed by atoms with Crippen molar-refractivity contribution in [3.8, 4) is 0 Å². The highest BCUT2D eigenvalue weighted by atomic mass is 16.5. The maximum atomic E-state index is 5.20. The van der Waals surface area contributed by atoms with Gasteiger partial charge in [-0.1, -0.05) is 19.1 Å². The van der Waals surface area contributed by atoms with E-state index in [-0.39, 0.29) is 6.23 Å². The number of ether oxygens (including phenoxy) is 1. The van der Waals surface area contributed by atoms with Gasteiger partial charge in [-0.25, -0.2) is 0 Å². The molecule has 1 aliphatic heterocycles. The minimum absolute atomic E-state index is 0.227. The third-order valence-electron chi connectivity index (χ3n) is 1.93. The van der Waals surface area contributed by atoms with Crippen molar-refractivity contribution in [3.63, 3.8) is 0 Å². The van der Waals surface area contributed by atoms with E-state index in [1.807, 2.05) is 0 Å². The van der Waals surface area contributed by atoms with Crippen molar-refractivity contribution in [2.45, 2.75) is 19.6 Å². The van der Waals surface area contributed by atoms with Crippen LogP contribution in [-0.4, -0.2) is 19.9 Å². The summed E-state index contributed by atoms with van der Waals surface area (Å²) in [5.74, 6) is 0.561. The summed E-state index contributed by atoms with van der Waals surface area (Å²) in [4.78, 5) is 0. The molecule has 58 valence electrons. The first-order valence-electron chi connectivity index (χ1n) is 3.67. The summed E-state index contributed by atoms with van der Waals surface area (Å²) in [5, 5.41) is 3.25. The Hall–Kier alpha value is -0.340. The maximum Gasteiger partial charge on any atom is 0.110 e. The molecule has 2 atom stereocenters. The van der Waals surface area contributed by atoms with Gasteiger partial charge >= 0.3 is 0 Å². The van der Waals surface area contributed by atoms with Gasteiger partial charge in [0.25, 0.3) is 0 Å². The van der Waals surface area contributed by atoms with Crippen LogP contribution >= 0.6 is 0 Å². The molecule has 1 heterocycles. The van der Waals surface area contributed by atoms with Gasteiger partial charge in [-0.2, -0.15) is 0 Å². The van der Waals surface area contributed by atoms with Crippen LogP contribution in [0.5, 0.6) is 0 Å². The van der Waals surface area contributed by atoms with Crippen LogP contribution in [0, 0.1) is 5.92 Å². The Morgan fingerprint density at radius 2 is 2.40 bits per heavy atom. The Kier molecular flexibility index (Phi) is 2.46. The third kappa shape index (κ3) is 1.58. The van der Waals surface area contributed by atoms with E-state index in [4.69, 9.17) is 4.74 Å². The largest absolute Gasteiger partial charge is 0.366 e. The van der Waals surface area contributed by atoms with Gasteiger partial charge in [0.05, 0.1) is 0 Å². The Bertz CT molecular complexity index is 133. The minimum atomic E-state index is 0.227. The fourth-order valence-corrected chi connectivity index (χ4v) is 1.40. The van der Waals surface area contributed by atoms with E-state index in [2.05, 4.69) is 18.8 Å². The highest BCUT2D eigenvalue weighted by Gasteiger charge is 2.21. The van der Waals surface area contributed by atoms with Crippen molar-refractivity contribution in [1.29, 1.82) is 0 Å². The molecule has 1 rings (SSSR count). The van der Waals surface area contributed by atoms with Crippen LogP contribution in [-0.2, 0) is 4.74 Å². The molecular weight excluding hydrogens is 126 g/mol. The zero-order valence-corrected chi connectivity index (χ0v) is 6.68. The lowest BCUT2D eigenvalue weighted by atomic mass is 9.96. The molecule has 0 radical (unpaired) electrons. The topological polar surface area (TPSA) is 21.3 Å². The van der Waals surface area contributed by atoms with Crippen molar-refractivity contribution < 1.29 is 4.74 Å². The van der Waals surface area contributed by atoms with Crippen LogP contribution in [0.2, 0.25) is 0 Å². The predicted octanol–water partition coefficient (Wildman–Crippen LogP) is 1.14. The molecule has 1 N–H and O–H groups in total. The lowest BCUT2D eigenvalue weighted by Crippen LogP contribution is -2.42. The van der Waals surface area contributed by atoms with Crippen molar-refractivity contribution in [2.24, 2.45) is 5.92 Å². The predicted molar refractivity (Wildman–Crippen MR) is 41.7 cm³/mol. The first-order chi connectivity index (χ1) is 4.74. The number of hydrogen-bond acceptors (Lipinski definition) is 2. The second-order valence-electron chi connectivity index (χ2n) is 2.97. The second-order valence-corrected chi connectivity index (χ2v) is 2.97. The zero-order chi connectivity index (χ0) is 7.56. The Balaban J connectivity index is 2.43. The second kappa shape index (κ2) is 3.17. The molecule has 1 saturated heterocycles. The van der Waals surface area contributed by atoms with Gasteiger partial charge < -0.3 is 4.74 Å².